The van der Waals surface area contributed by atoms with Crippen molar-refractivity contribution in [3.63, 3.8) is 0 Å². The van der Waals surface area contributed by atoms with Crippen LogP contribution in [0.5, 0.6) is 23.0 Å². The lowest BCUT2D eigenvalue weighted by Gasteiger charge is -2.41. The highest BCUT2D eigenvalue weighted by Crippen LogP contribution is 2.56. The van der Waals surface area contributed by atoms with Crippen LogP contribution < -0.4 is 9.47 Å². The third-order valence-electron chi connectivity index (χ3n) is 11.7. The van der Waals surface area contributed by atoms with Gasteiger partial charge in [0.05, 0.1) is 48.7 Å². The van der Waals surface area contributed by atoms with Crippen molar-refractivity contribution in [2.75, 3.05) is 13.2 Å². The molecule has 12 atom stereocenters. The van der Waals surface area contributed by atoms with E-state index in [4.69, 9.17) is 18.9 Å². The van der Waals surface area contributed by atoms with Gasteiger partial charge >= 0.3 is 0 Å². The van der Waals surface area contributed by atoms with Crippen LogP contribution in [0.25, 0.3) is 0 Å². The highest BCUT2D eigenvalue weighted by molar-refractivity contribution is 6.18. The second-order valence-electron chi connectivity index (χ2n) is 15.2. The van der Waals surface area contributed by atoms with E-state index in [1.807, 2.05) is 0 Å². The summed E-state index contributed by atoms with van der Waals surface area (Å²) in [6.07, 6.45) is -17.0. The van der Waals surface area contributed by atoms with Crippen molar-refractivity contribution in [2.45, 2.75) is 86.5 Å². The van der Waals surface area contributed by atoms with Gasteiger partial charge in [0.2, 0.25) is 24.1 Å². The molecule has 12 N–H and O–H groups in total. The summed E-state index contributed by atoms with van der Waals surface area (Å²) in [5.41, 5.74) is 0.283. The Hall–Kier alpha value is -5.06. The lowest BCUT2D eigenvalue weighted by molar-refractivity contribution is -0.277. The van der Waals surface area contributed by atoms with Crippen molar-refractivity contribution < 1.29 is 89.8 Å². The van der Waals surface area contributed by atoms with Gasteiger partial charge in [0.25, 0.3) is 0 Å². The first-order chi connectivity index (χ1) is 28.7. The van der Waals surface area contributed by atoms with Gasteiger partial charge in [-0.3, -0.25) is 9.59 Å². The van der Waals surface area contributed by atoms with Gasteiger partial charge in [-0.2, -0.15) is 0 Å². The minimum absolute atomic E-state index is 0.159. The number of fused-ring (bicyclic) bond motifs is 4. The van der Waals surface area contributed by atoms with E-state index in [2.05, 4.69) is 0 Å². The van der Waals surface area contributed by atoms with Crippen LogP contribution in [0.3, 0.4) is 0 Å². The average molecular weight is 835 g/mol. The van der Waals surface area contributed by atoms with Crippen molar-refractivity contribution in [3.05, 3.63) is 116 Å². The Labute approximate surface area is 339 Å². The zero-order valence-electron chi connectivity index (χ0n) is 31.3. The van der Waals surface area contributed by atoms with E-state index in [1.54, 1.807) is 12.1 Å². The van der Waals surface area contributed by atoms with Crippen LogP contribution in [0.15, 0.2) is 60.7 Å². The standard InChI is InChI=1S/C42H42O18/c43-11-15-7-19-27(17-3-1-5-23(31(17)35(51)29(19)21(47)9-15)57-41-39(55)37(53)33(49)25(13-45)59-41)28-18-4-2-6-24(58-42-40(56)38(54)34(50)26(14-46)60-42)32(18)36(52)30-20(28)8-16(12-44)10-22(30)48/h1-10,25-28,33-34,37-50,53-56H,11-14H2. The van der Waals surface area contributed by atoms with Crippen LogP contribution in [-0.2, 0) is 22.7 Å². The van der Waals surface area contributed by atoms with Gasteiger partial charge in [0, 0.05) is 11.8 Å². The van der Waals surface area contributed by atoms with E-state index >= 15 is 0 Å². The average Bonchev–Trinajstić information content (AvgIpc) is 3.24. The first-order valence-corrected chi connectivity index (χ1v) is 19.0. The Morgan fingerprint density at radius 1 is 0.483 bits per heavy atom. The number of hydrogen-bond donors (Lipinski definition) is 12. The molecule has 0 saturated carbocycles. The lowest BCUT2D eigenvalue weighted by Crippen LogP contribution is -2.60. The molecule has 0 bridgehead atoms. The first-order valence-electron chi connectivity index (χ1n) is 19.0. The van der Waals surface area contributed by atoms with Gasteiger partial charge in [-0.15, -0.1) is 0 Å². The van der Waals surface area contributed by atoms with E-state index in [9.17, 15) is 70.9 Å². The van der Waals surface area contributed by atoms with Crippen molar-refractivity contribution in [3.8, 4) is 23.0 Å². The van der Waals surface area contributed by atoms with Gasteiger partial charge in [0.15, 0.2) is 0 Å². The number of aliphatic hydroxyl groups is 10. The van der Waals surface area contributed by atoms with Gasteiger partial charge < -0.3 is 80.2 Å². The van der Waals surface area contributed by atoms with Gasteiger partial charge in [-0.25, -0.2) is 0 Å². The molecule has 18 heteroatoms. The van der Waals surface area contributed by atoms with Crippen LogP contribution in [0, 0.1) is 0 Å². The summed E-state index contributed by atoms with van der Waals surface area (Å²) in [5, 5.41) is 127. The Morgan fingerprint density at radius 3 is 1.22 bits per heavy atom. The minimum atomic E-state index is -1.87. The molecule has 2 heterocycles. The molecule has 0 radical (unpaired) electrons. The summed E-state index contributed by atoms with van der Waals surface area (Å²) < 4.78 is 23.3. The predicted molar refractivity (Wildman–Crippen MR) is 200 cm³/mol. The monoisotopic (exact) mass is 834 g/mol. The molecule has 318 valence electrons. The Kier molecular flexibility index (Phi) is 11.2. The molecule has 0 amide bonds. The van der Waals surface area contributed by atoms with Gasteiger partial charge in [0.1, 0.15) is 71.8 Å². The van der Waals surface area contributed by atoms with E-state index in [0.717, 1.165) is 0 Å². The molecule has 18 nitrogen and oxygen atoms in total. The summed E-state index contributed by atoms with van der Waals surface area (Å²) in [6, 6.07) is 14.2. The number of carbonyl (C=O) groups is 2. The number of aliphatic hydroxyl groups excluding tert-OH is 10. The van der Waals surface area contributed by atoms with Gasteiger partial charge in [-0.1, -0.05) is 36.4 Å². The molecule has 0 spiro atoms. The van der Waals surface area contributed by atoms with Crippen molar-refractivity contribution in [1.82, 2.24) is 0 Å². The molecule has 0 aromatic heterocycles. The number of aromatic hydroxyl groups is 2. The summed E-state index contributed by atoms with van der Waals surface area (Å²) in [7, 11) is 0. The maximum absolute atomic E-state index is 14.7. The normalized spacial score (nSPS) is 30.8. The number of phenols is 2. The maximum Gasteiger partial charge on any atom is 0.229 e. The lowest BCUT2D eigenvalue weighted by atomic mass is 9.63. The second-order valence-corrected chi connectivity index (χ2v) is 15.2. The van der Waals surface area contributed by atoms with E-state index < -0.39 is 123 Å². The van der Waals surface area contributed by atoms with Crippen LogP contribution in [0.1, 0.15) is 77.1 Å². The quantitative estimate of drug-likeness (QED) is 0.0912. The summed E-state index contributed by atoms with van der Waals surface area (Å²) in [4.78, 5) is 29.3. The minimum Gasteiger partial charge on any atom is -0.507 e. The number of rotatable bonds is 9. The number of ether oxygens (including phenoxy) is 4. The van der Waals surface area contributed by atoms with E-state index in [1.165, 1.54) is 48.5 Å². The van der Waals surface area contributed by atoms with E-state index in [-0.39, 0.29) is 67.1 Å². The number of carbonyl (C=O) groups excluding carboxylic acids is 2. The number of benzene rings is 4. The topological polar surface area (TPSA) is 314 Å². The molecule has 4 aliphatic rings. The molecule has 8 rings (SSSR count). The van der Waals surface area contributed by atoms with Crippen molar-refractivity contribution >= 4 is 11.6 Å². The molecule has 2 fully saturated rings. The number of phenolic OH excluding ortho intramolecular Hbond substituents is 2. The molecule has 2 saturated heterocycles. The third kappa shape index (κ3) is 6.61. The molecular weight excluding hydrogens is 792 g/mol. The smallest absolute Gasteiger partial charge is 0.229 e. The third-order valence-corrected chi connectivity index (χ3v) is 11.7. The fourth-order valence-electron chi connectivity index (χ4n) is 8.77. The molecule has 2 aliphatic heterocycles. The van der Waals surface area contributed by atoms with Crippen molar-refractivity contribution in [2.24, 2.45) is 0 Å². The Morgan fingerprint density at radius 2 is 0.867 bits per heavy atom. The molecule has 2 aliphatic carbocycles. The van der Waals surface area contributed by atoms with Crippen LogP contribution in [0.4, 0.5) is 0 Å². The largest absolute Gasteiger partial charge is 0.507 e. The summed E-state index contributed by atoms with van der Waals surface area (Å²) in [6.45, 7) is -2.68. The SMILES string of the molecule is O=C1c2c(O)cc(CO)cc2C(C2c3cc(CO)cc(O)c3C(=O)c3c(OC4OC(CO)C(O)C(O)C4O)cccc32)c2cccc(OC3OC(CO)C(O)C(O)C3O)c21. The van der Waals surface area contributed by atoms with Gasteiger partial charge in [-0.05, 0) is 57.6 Å². The number of ketones is 2. The predicted octanol–water partition coefficient (Wildman–Crippen LogP) is -1.51. The summed E-state index contributed by atoms with van der Waals surface area (Å²) in [5.74, 6) is -5.33. The second kappa shape index (κ2) is 16.1. The van der Waals surface area contributed by atoms with Crippen LogP contribution in [-0.4, -0.2) is 147 Å². The molecule has 12 unspecified atom stereocenters. The zero-order valence-corrected chi connectivity index (χ0v) is 31.3. The fourth-order valence-corrected chi connectivity index (χ4v) is 8.77. The zero-order chi connectivity index (χ0) is 42.9. The van der Waals surface area contributed by atoms with Crippen molar-refractivity contribution in [1.29, 1.82) is 0 Å². The molecule has 4 aromatic rings. The first kappa shape index (κ1) is 41.7. The number of hydrogen-bond acceptors (Lipinski definition) is 18. The van der Waals surface area contributed by atoms with Crippen LogP contribution >= 0.6 is 0 Å². The molecule has 4 aromatic carbocycles. The maximum atomic E-state index is 14.7. The highest BCUT2D eigenvalue weighted by Gasteiger charge is 2.49. The highest BCUT2D eigenvalue weighted by atomic mass is 16.7. The molecule has 60 heavy (non-hydrogen) atoms. The Balaban J connectivity index is 1.35. The Bertz CT molecular complexity index is 2170. The van der Waals surface area contributed by atoms with Crippen LogP contribution in [0.2, 0.25) is 0 Å². The molecular formula is C42H42O18. The van der Waals surface area contributed by atoms with E-state index in [0.29, 0.717) is 0 Å². The summed E-state index contributed by atoms with van der Waals surface area (Å²) >= 11 is 0. The fraction of sp³-hybridized carbons (Fsp3) is 0.381.